The average molecular weight is 437 g/mol. The maximum Gasteiger partial charge on any atom is -0.00666 e. The Bertz CT molecular complexity index is 1670. The second-order valence-corrected chi connectivity index (χ2v) is 9.31. The molecule has 0 N–H and O–H groups in total. The van der Waals surface area contributed by atoms with E-state index in [9.17, 15) is 0 Å². The second-order valence-electron chi connectivity index (χ2n) is 9.31. The predicted molar refractivity (Wildman–Crippen MR) is 149 cm³/mol. The summed E-state index contributed by atoms with van der Waals surface area (Å²) in [5.41, 5.74) is 13.3. The van der Waals surface area contributed by atoms with E-state index in [1.54, 1.807) is 0 Å². The van der Waals surface area contributed by atoms with Crippen molar-refractivity contribution >= 4 is 33.2 Å². The van der Waals surface area contributed by atoms with Crippen LogP contribution in [0, 0.1) is 13.8 Å². The lowest BCUT2D eigenvalue weighted by Crippen LogP contribution is -1.92. The minimum absolute atomic E-state index is 1.27. The molecule has 0 aromatic heterocycles. The van der Waals surface area contributed by atoms with Gasteiger partial charge in [-0.1, -0.05) is 78.9 Å². The lowest BCUT2D eigenvalue weighted by atomic mass is 9.87. The van der Waals surface area contributed by atoms with E-state index in [4.69, 9.17) is 0 Å². The van der Waals surface area contributed by atoms with Crippen molar-refractivity contribution in [3.8, 4) is 22.3 Å². The molecule has 0 unspecified atom stereocenters. The normalized spacial score (nSPS) is 13.8. The molecular weight excluding hydrogens is 408 g/mol. The van der Waals surface area contributed by atoms with E-state index in [0.29, 0.717) is 0 Å². The highest BCUT2D eigenvalue weighted by atomic mass is 14.3. The Morgan fingerprint density at radius 2 is 1.29 bits per heavy atom. The van der Waals surface area contributed by atoms with Crippen LogP contribution in [0.1, 0.15) is 41.7 Å². The molecule has 1 aliphatic rings. The summed E-state index contributed by atoms with van der Waals surface area (Å²) in [6, 6.07) is 29.4. The van der Waals surface area contributed by atoms with E-state index in [1.807, 2.05) is 0 Å². The van der Waals surface area contributed by atoms with Gasteiger partial charge in [0.15, 0.2) is 0 Å². The first-order valence-electron chi connectivity index (χ1n) is 12.1. The van der Waals surface area contributed by atoms with Gasteiger partial charge in [-0.05, 0) is 123 Å². The third-order valence-corrected chi connectivity index (χ3v) is 7.43. The van der Waals surface area contributed by atoms with Crippen LogP contribution in [0.3, 0.4) is 0 Å². The van der Waals surface area contributed by atoms with Crippen molar-refractivity contribution in [3.05, 3.63) is 119 Å². The van der Waals surface area contributed by atoms with Gasteiger partial charge in [-0.3, -0.25) is 0 Å². The first-order chi connectivity index (χ1) is 16.6. The Labute approximate surface area is 201 Å². The molecule has 0 bridgehead atoms. The van der Waals surface area contributed by atoms with Gasteiger partial charge in [-0.15, -0.1) is 0 Å². The largest absolute Gasteiger partial charge is 0.0871 e. The van der Waals surface area contributed by atoms with E-state index >= 15 is 0 Å². The van der Waals surface area contributed by atoms with Crippen molar-refractivity contribution in [2.24, 2.45) is 0 Å². The molecule has 5 aromatic carbocycles. The highest BCUT2D eigenvalue weighted by molar-refractivity contribution is 6.18. The van der Waals surface area contributed by atoms with Crippen molar-refractivity contribution in [2.75, 3.05) is 0 Å². The summed E-state index contributed by atoms with van der Waals surface area (Å²) in [6.07, 6.45) is 6.60. The van der Waals surface area contributed by atoms with Crippen LogP contribution < -0.4 is 0 Å². The SMILES string of the molecule is C/C=C\c1cc(-c2cc3c(C)c4c(cc3c3ccccc23)-c2ccccc2/C4=C/C)ccc1C. The van der Waals surface area contributed by atoms with Gasteiger partial charge in [0, 0.05) is 0 Å². The predicted octanol–water partition coefficient (Wildman–Crippen LogP) is 9.74. The molecule has 0 saturated carbocycles. The van der Waals surface area contributed by atoms with Gasteiger partial charge in [0.05, 0.1) is 0 Å². The second kappa shape index (κ2) is 7.85. The molecule has 0 saturated heterocycles. The molecule has 0 atom stereocenters. The highest BCUT2D eigenvalue weighted by Crippen LogP contribution is 2.49. The molecule has 0 amide bonds. The van der Waals surface area contributed by atoms with E-state index in [2.05, 4.69) is 125 Å². The van der Waals surface area contributed by atoms with Gasteiger partial charge in [-0.2, -0.15) is 0 Å². The maximum atomic E-state index is 2.43. The molecule has 0 heteroatoms. The standard InChI is InChI=1S/C34H28/c1-5-11-23-18-24(17-16-21(23)3)31-19-30-22(4)34-25(6-2)26-12-7-10-15-29(26)33(34)20-32(30)28-14-9-8-13-27(28)31/h5-20H,1-4H3/b11-5-,25-6-. The van der Waals surface area contributed by atoms with Gasteiger partial charge < -0.3 is 0 Å². The molecule has 0 aliphatic heterocycles. The number of hydrogen-bond donors (Lipinski definition) is 0. The third-order valence-electron chi connectivity index (χ3n) is 7.43. The summed E-state index contributed by atoms with van der Waals surface area (Å²) < 4.78 is 0. The summed E-state index contributed by atoms with van der Waals surface area (Å²) in [7, 11) is 0. The molecule has 0 heterocycles. The maximum absolute atomic E-state index is 2.43. The number of allylic oxidation sites excluding steroid dienone is 2. The Hall–Kier alpha value is -3.90. The summed E-state index contributed by atoms with van der Waals surface area (Å²) in [5, 5.41) is 5.30. The van der Waals surface area contributed by atoms with Crippen molar-refractivity contribution in [3.63, 3.8) is 0 Å². The first kappa shape index (κ1) is 20.7. The minimum Gasteiger partial charge on any atom is -0.0871 e. The van der Waals surface area contributed by atoms with Gasteiger partial charge in [0.25, 0.3) is 0 Å². The molecule has 6 rings (SSSR count). The van der Waals surface area contributed by atoms with E-state index in [0.717, 1.165) is 0 Å². The molecule has 0 nitrogen and oxygen atoms in total. The number of rotatable bonds is 2. The molecule has 0 spiro atoms. The van der Waals surface area contributed by atoms with Gasteiger partial charge in [-0.25, -0.2) is 0 Å². The molecule has 0 fully saturated rings. The van der Waals surface area contributed by atoms with E-state index in [1.165, 1.54) is 77.2 Å². The van der Waals surface area contributed by atoms with Crippen LogP contribution in [0.5, 0.6) is 0 Å². The quantitative estimate of drug-likeness (QED) is 0.237. The summed E-state index contributed by atoms with van der Waals surface area (Å²) in [5.74, 6) is 0. The fraction of sp³-hybridized carbons (Fsp3) is 0.118. The first-order valence-corrected chi connectivity index (χ1v) is 12.1. The summed E-state index contributed by atoms with van der Waals surface area (Å²) in [4.78, 5) is 0. The molecule has 5 aromatic rings. The zero-order valence-corrected chi connectivity index (χ0v) is 20.2. The van der Waals surface area contributed by atoms with Crippen LogP contribution in [-0.2, 0) is 0 Å². The Morgan fingerprint density at radius 3 is 2.06 bits per heavy atom. The molecule has 0 radical (unpaired) electrons. The zero-order chi connectivity index (χ0) is 23.4. The van der Waals surface area contributed by atoms with Crippen molar-refractivity contribution < 1.29 is 0 Å². The minimum atomic E-state index is 1.27. The lowest BCUT2D eigenvalue weighted by Gasteiger charge is -2.17. The van der Waals surface area contributed by atoms with Crippen LogP contribution in [0.4, 0.5) is 0 Å². The highest BCUT2D eigenvalue weighted by Gasteiger charge is 2.26. The number of hydrogen-bond acceptors (Lipinski definition) is 0. The average Bonchev–Trinajstić information content (AvgIpc) is 3.19. The number of benzene rings is 5. The van der Waals surface area contributed by atoms with Crippen molar-refractivity contribution in [2.45, 2.75) is 27.7 Å². The Morgan fingerprint density at radius 1 is 0.588 bits per heavy atom. The van der Waals surface area contributed by atoms with Crippen LogP contribution in [-0.4, -0.2) is 0 Å². The Kier molecular flexibility index (Phi) is 4.78. The molecule has 34 heavy (non-hydrogen) atoms. The fourth-order valence-electron chi connectivity index (χ4n) is 5.77. The molecule has 1 aliphatic carbocycles. The summed E-state index contributed by atoms with van der Waals surface area (Å²) >= 11 is 0. The van der Waals surface area contributed by atoms with Crippen LogP contribution in [0.25, 0.3) is 55.4 Å². The van der Waals surface area contributed by atoms with Crippen LogP contribution in [0.2, 0.25) is 0 Å². The van der Waals surface area contributed by atoms with Crippen LogP contribution in [0.15, 0.2) is 91.0 Å². The summed E-state index contributed by atoms with van der Waals surface area (Å²) in [6.45, 7) is 8.72. The van der Waals surface area contributed by atoms with Crippen molar-refractivity contribution in [1.29, 1.82) is 0 Å². The van der Waals surface area contributed by atoms with Crippen molar-refractivity contribution in [1.82, 2.24) is 0 Å². The fourth-order valence-corrected chi connectivity index (χ4v) is 5.77. The van der Waals surface area contributed by atoms with Gasteiger partial charge in [0.2, 0.25) is 0 Å². The lowest BCUT2D eigenvalue weighted by molar-refractivity contribution is 1.44. The van der Waals surface area contributed by atoms with Gasteiger partial charge in [0.1, 0.15) is 0 Å². The molecule has 164 valence electrons. The third kappa shape index (κ3) is 2.92. The van der Waals surface area contributed by atoms with E-state index < -0.39 is 0 Å². The van der Waals surface area contributed by atoms with Crippen LogP contribution >= 0.6 is 0 Å². The number of aryl methyl sites for hydroxylation is 2. The Balaban J connectivity index is 1.73. The zero-order valence-electron chi connectivity index (χ0n) is 20.2. The van der Waals surface area contributed by atoms with E-state index in [-0.39, 0.29) is 0 Å². The molecular formula is C34H28. The topological polar surface area (TPSA) is 0 Å². The monoisotopic (exact) mass is 436 g/mol. The smallest absolute Gasteiger partial charge is 0.00666 e. The number of fused-ring (bicyclic) bond motifs is 6. The van der Waals surface area contributed by atoms with Gasteiger partial charge >= 0.3 is 0 Å².